The first-order valence-corrected chi connectivity index (χ1v) is 6.86. The molecule has 0 amide bonds. The van der Waals surface area contributed by atoms with Crippen molar-refractivity contribution in [2.75, 3.05) is 6.54 Å². The normalized spacial score (nSPS) is 16.1. The highest BCUT2D eigenvalue weighted by Gasteiger charge is 2.29. The zero-order valence-corrected chi connectivity index (χ0v) is 11.7. The second-order valence-electron chi connectivity index (χ2n) is 5.44. The Morgan fingerprint density at radius 2 is 2.24 bits per heavy atom. The minimum absolute atomic E-state index is 0.722. The SMILES string of the molecule is CC(C)CCN(Cc1ncc(Cl)n1C)C1CC1. The first kappa shape index (κ1) is 12.9. The van der Waals surface area contributed by atoms with E-state index in [1.54, 1.807) is 6.20 Å². The van der Waals surface area contributed by atoms with Crippen molar-refractivity contribution in [2.24, 2.45) is 13.0 Å². The van der Waals surface area contributed by atoms with E-state index in [0.29, 0.717) is 0 Å². The summed E-state index contributed by atoms with van der Waals surface area (Å²) in [6.07, 6.45) is 5.69. The lowest BCUT2D eigenvalue weighted by molar-refractivity contribution is 0.231. The fourth-order valence-electron chi connectivity index (χ4n) is 2.01. The molecular weight excluding hydrogens is 234 g/mol. The first-order valence-electron chi connectivity index (χ1n) is 6.48. The summed E-state index contributed by atoms with van der Waals surface area (Å²) in [6.45, 7) is 6.67. The number of rotatable bonds is 6. The third-order valence-electron chi connectivity index (χ3n) is 3.43. The van der Waals surface area contributed by atoms with Crippen LogP contribution in [-0.4, -0.2) is 27.0 Å². The van der Waals surface area contributed by atoms with Crippen molar-refractivity contribution in [1.29, 1.82) is 0 Å². The number of nitrogens with zero attached hydrogens (tertiary/aromatic N) is 3. The molecule has 0 N–H and O–H groups in total. The summed E-state index contributed by atoms with van der Waals surface area (Å²) in [6, 6.07) is 0.782. The topological polar surface area (TPSA) is 21.1 Å². The molecular formula is C13H22ClN3. The van der Waals surface area contributed by atoms with Gasteiger partial charge < -0.3 is 4.57 Å². The Morgan fingerprint density at radius 1 is 1.53 bits per heavy atom. The van der Waals surface area contributed by atoms with Crippen LogP contribution in [0.4, 0.5) is 0 Å². The van der Waals surface area contributed by atoms with E-state index in [4.69, 9.17) is 11.6 Å². The second kappa shape index (κ2) is 5.40. The first-order chi connectivity index (χ1) is 8.08. The monoisotopic (exact) mass is 255 g/mol. The Morgan fingerprint density at radius 3 is 2.71 bits per heavy atom. The standard InChI is InChI=1S/C13H22ClN3/c1-10(2)6-7-17(11-4-5-11)9-13-15-8-12(14)16(13)3/h8,10-11H,4-7,9H2,1-3H3. The van der Waals surface area contributed by atoms with Gasteiger partial charge in [0.25, 0.3) is 0 Å². The van der Waals surface area contributed by atoms with Gasteiger partial charge in [0.2, 0.25) is 0 Å². The van der Waals surface area contributed by atoms with Gasteiger partial charge in [-0.25, -0.2) is 4.98 Å². The molecule has 3 nitrogen and oxygen atoms in total. The largest absolute Gasteiger partial charge is 0.321 e. The van der Waals surface area contributed by atoms with E-state index < -0.39 is 0 Å². The summed E-state index contributed by atoms with van der Waals surface area (Å²) >= 11 is 6.02. The molecule has 1 fully saturated rings. The fourth-order valence-corrected chi connectivity index (χ4v) is 2.15. The molecule has 2 rings (SSSR count). The van der Waals surface area contributed by atoms with Crippen LogP contribution in [0.3, 0.4) is 0 Å². The lowest BCUT2D eigenvalue weighted by atomic mass is 10.1. The summed E-state index contributed by atoms with van der Waals surface area (Å²) < 4.78 is 1.98. The van der Waals surface area contributed by atoms with Crippen molar-refractivity contribution in [3.8, 4) is 0 Å². The van der Waals surface area contributed by atoms with E-state index in [-0.39, 0.29) is 0 Å². The van der Waals surface area contributed by atoms with Gasteiger partial charge >= 0.3 is 0 Å². The maximum absolute atomic E-state index is 6.02. The predicted octanol–water partition coefficient (Wildman–Crippen LogP) is 3.08. The van der Waals surface area contributed by atoms with Crippen LogP contribution in [0.2, 0.25) is 5.15 Å². The molecule has 0 saturated heterocycles. The molecule has 0 aliphatic heterocycles. The van der Waals surface area contributed by atoms with E-state index in [9.17, 15) is 0 Å². The van der Waals surface area contributed by atoms with E-state index in [2.05, 4.69) is 23.7 Å². The predicted molar refractivity (Wildman–Crippen MR) is 71.1 cm³/mol. The van der Waals surface area contributed by atoms with Crippen molar-refractivity contribution < 1.29 is 0 Å². The van der Waals surface area contributed by atoms with Crippen LogP contribution in [-0.2, 0) is 13.6 Å². The Kier molecular flexibility index (Phi) is 4.10. The zero-order valence-electron chi connectivity index (χ0n) is 11.0. The van der Waals surface area contributed by atoms with Crippen LogP contribution in [0.15, 0.2) is 6.20 Å². The summed E-state index contributed by atoms with van der Waals surface area (Å²) in [5.41, 5.74) is 0. The van der Waals surface area contributed by atoms with E-state index in [1.165, 1.54) is 25.8 Å². The summed E-state index contributed by atoms with van der Waals surface area (Å²) in [4.78, 5) is 6.94. The van der Waals surface area contributed by atoms with Crippen LogP contribution in [0, 0.1) is 5.92 Å². The highest BCUT2D eigenvalue weighted by atomic mass is 35.5. The molecule has 0 unspecified atom stereocenters. The Balaban J connectivity index is 1.95. The molecule has 0 spiro atoms. The lowest BCUT2D eigenvalue weighted by Gasteiger charge is -2.22. The van der Waals surface area contributed by atoms with Gasteiger partial charge in [0.05, 0.1) is 12.7 Å². The van der Waals surface area contributed by atoms with Crippen LogP contribution < -0.4 is 0 Å². The Labute approximate surface area is 109 Å². The van der Waals surface area contributed by atoms with Crippen LogP contribution in [0.1, 0.15) is 38.9 Å². The Bertz CT molecular complexity index is 369. The van der Waals surface area contributed by atoms with Crippen molar-refractivity contribution in [1.82, 2.24) is 14.5 Å². The number of hydrogen-bond acceptors (Lipinski definition) is 2. The second-order valence-corrected chi connectivity index (χ2v) is 5.83. The minimum atomic E-state index is 0.722. The molecule has 0 radical (unpaired) electrons. The van der Waals surface area contributed by atoms with Gasteiger partial charge in [0, 0.05) is 13.1 Å². The molecule has 1 aromatic rings. The zero-order chi connectivity index (χ0) is 12.4. The summed E-state index contributed by atoms with van der Waals surface area (Å²) in [7, 11) is 1.98. The van der Waals surface area contributed by atoms with Gasteiger partial charge in [-0.15, -0.1) is 0 Å². The van der Waals surface area contributed by atoms with Gasteiger partial charge in [-0.05, 0) is 31.7 Å². The Hall–Kier alpha value is -0.540. The maximum Gasteiger partial charge on any atom is 0.128 e. The van der Waals surface area contributed by atoms with Gasteiger partial charge in [0.1, 0.15) is 11.0 Å². The fraction of sp³-hybridized carbons (Fsp3) is 0.769. The third-order valence-corrected chi connectivity index (χ3v) is 3.78. The maximum atomic E-state index is 6.02. The van der Waals surface area contributed by atoms with Crippen LogP contribution in [0.5, 0.6) is 0 Å². The molecule has 4 heteroatoms. The van der Waals surface area contributed by atoms with Crippen molar-refractivity contribution in [2.45, 2.75) is 45.7 Å². The van der Waals surface area contributed by atoms with E-state index in [0.717, 1.165) is 29.5 Å². The number of hydrogen-bond donors (Lipinski definition) is 0. The third kappa shape index (κ3) is 3.46. The van der Waals surface area contributed by atoms with E-state index in [1.807, 2.05) is 11.6 Å². The molecule has 17 heavy (non-hydrogen) atoms. The summed E-state index contributed by atoms with van der Waals surface area (Å²) in [5.74, 6) is 1.84. The minimum Gasteiger partial charge on any atom is -0.321 e. The quantitative estimate of drug-likeness (QED) is 0.779. The average Bonchev–Trinajstić information content (AvgIpc) is 3.06. The summed E-state index contributed by atoms with van der Waals surface area (Å²) in [5, 5.41) is 0.722. The number of aromatic nitrogens is 2. The van der Waals surface area contributed by atoms with Crippen molar-refractivity contribution in [3.63, 3.8) is 0 Å². The lowest BCUT2D eigenvalue weighted by Crippen LogP contribution is -2.28. The number of imidazole rings is 1. The molecule has 1 aromatic heterocycles. The molecule has 0 aromatic carbocycles. The van der Waals surface area contributed by atoms with Crippen LogP contribution in [0.25, 0.3) is 0 Å². The van der Waals surface area contributed by atoms with Gasteiger partial charge in [-0.1, -0.05) is 25.4 Å². The molecule has 1 aliphatic carbocycles. The van der Waals surface area contributed by atoms with Gasteiger partial charge in [-0.3, -0.25) is 4.90 Å². The molecule has 0 atom stereocenters. The number of halogens is 1. The molecule has 0 bridgehead atoms. The van der Waals surface area contributed by atoms with Crippen molar-refractivity contribution in [3.05, 3.63) is 17.2 Å². The molecule has 1 heterocycles. The van der Waals surface area contributed by atoms with Gasteiger partial charge in [-0.2, -0.15) is 0 Å². The average molecular weight is 256 g/mol. The van der Waals surface area contributed by atoms with E-state index >= 15 is 0 Å². The highest BCUT2D eigenvalue weighted by Crippen LogP contribution is 2.29. The highest BCUT2D eigenvalue weighted by molar-refractivity contribution is 6.29. The molecule has 1 aliphatic rings. The van der Waals surface area contributed by atoms with Crippen LogP contribution >= 0.6 is 11.6 Å². The smallest absolute Gasteiger partial charge is 0.128 e. The molecule has 1 saturated carbocycles. The van der Waals surface area contributed by atoms with Gasteiger partial charge in [0.15, 0.2) is 0 Å². The molecule has 96 valence electrons. The van der Waals surface area contributed by atoms with Crippen molar-refractivity contribution >= 4 is 11.6 Å².